The fraction of sp³-hybridized carbons (Fsp3) is 0.100. The number of aromatic nitrogens is 4. The molecular formula is C20H18N6O. The van der Waals surface area contributed by atoms with Gasteiger partial charge in [-0.2, -0.15) is 4.98 Å². The largest absolute Gasteiger partial charge is 0.360 e. The van der Waals surface area contributed by atoms with Crippen molar-refractivity contribution in [2.24, 2.45) is 0 Å². The Morgan fingerprint density at radius 1 is 0.926 bits per heavy atom. The Kier molecular flexibility index (Phi) is 4.74. The van der Waals surface area contributed by atoms with Gasteiger partial charge in [0.1, 0.15) is 11.6 Å². The summed E-state index contributed by atoms with van der Waals surface area (Å²) < 4.78 is 5.11. The van der Waals surface area contributed by atoms with Crippen LogP contribution in [0, 0.1) is 6.92 Å². The Hall–Kier alpha value is -3.74. The fourth-order valence-corrected chi connectivity index (χ4v) is 2.59. The monoisotopic (exact) mass is 358 g/mol. The van der Waals surface area contributed by atoms with E-state index in [0.29, 0.717) is 24.1 Å². The van der Waals surface area contributed by atoms with Crippen LogP contribution in [0.1, 0.15) is 11.3 Å². The SMILES string of the molecule is Cc1cc(Nc2cc(-c3ccccc3)nc(NCc3ccncc3)n2)no1. The molecule has 27 heavy (non-hydrogen) atoms. The molecule has 3 aromatic heterocycles. The van der Waals surface area contributed by atoms with Crippen LogP contribution in [0.2, 0.25) is 0 Å². The zero-order chi connectivity index (χ0) is 18.5. The number of nitrogens with zero attached hydrogens (tertiary/aromatic N) is 4. The smallest absolute Gasteiger partial charge is 0.225 e. The highest BCUT2D eigenvalue weighted by Gasteiger charge is 2.09. The highest BCUT2D eigenvalue weighted by atomic mass is 16.5. The summed E-state index contributed by atoms with van der Waals surface area (Å²) in [5.41, 5.74) is 2.91. The molecule has 0 spiro atoms. The van der Waals surface area contributed by atoms with Gasteiger partial charge in [0.05, 0.1) is 5.69 Å². The van der Waals surface area contributed by atoms with Crippen molar-refractivity contribution < 1.29 is 4.52 Å². The fourth-order valence-electron chi connectivity index (χ4n) is 2.59. The molecule has 0 radical (unpaired) electrons. The first-order valence-electron chi connectivity index (χ1n) is 8.54. The molecule has 2 N–H and O–H groups in total. The molecule has 0 fully saturated rings. The summed E-state index contributed by atoms with van der Waals surface area (Å²) in [7, 11) is 0. The lowest BCUT2D eigenvalue weighted by Crippen LogP contribution is -2.06. The summed E-state index contributed by atoms with van der Waals surface area (Å²) in [6.45, 7) is 2.44. The van der Waals surface area contributed by atoms with Gasteiger partial charge >= 0.3 is 0 Å². The van der Waals surface area contributed by atoms with Gasteiger partial charge in [-0.1, -0.05) is 35.5 Å². The third-order valence-corrected chi connectivity index (χ3v) is 3.88. The van der Waals surface area contributed by atoms with Gasteiger partial charge in [0.25, 0.3) is 0 Å². The van der Waals surface area contributed by atoms with E-state index in [9.17, 15) is 0 Å². The predicted molar refractivity (Wildman–Crippen MR) is 104 cm³/mol. The second-order valence-electron chi connectivity index (χ2n) is 5.98. The normalized spacial score (nSPS) is 10.6. The van der Waals surface area contributed by atoms with E-state index >= 15 is 0 Å². The molecule has 7 heteroatoms. The van der Waals surface area contributed by atoms with Crippen molar-refractivity contribution in [3.63, 3.8) is 0 Å². The van der Waals surface area contributed by atoms with Crippen molar-refractivity contribution >= 4 is 17.6 Å². The van der Waals surface area contributed by atoms with Gasteiger partial charge in [0.2, 0.25) is 5.95 Å². The summed E-state index contributed by atoms with van der Waals surface area (Å²) in [5.74, 6) is 2.49. The van der Waals surface area contributed by atoms with Gasteiger partial charge in [-0.15, -0.1) is 0 Å². The van der Waals surface area contributed by atoms with Crippen LogP contribution in [0.3, 0.4) is 0 Å². The molecule has 7 nitrogen and oxygen atoms in total. The van der Waals surface area contributed by atoms with E-state index in [-0.39, 0.29) is 0 Å². The van der Waals surface area contributed by atoms with Gasteiger partial charge in [-0.25, -0.2) is 4.98 Å². The van der Waals surface area contributed by atoms with E-state index in [2.05, 4.69) is 30.7 Å². The molecule has 0 amide bonds. The minimum absolute atomic E-state index is 0.524. The van der Waals surface area contributed by atoms with E-state index in [1.54, 1.807) is 12.4 Å². The van der Waals surface area contributed by atoms with Crippen LogP contribution in [-0.4, -0.2) is 20.1 Å². The molecule has 3 heterocycles. The molecule has 4 aromatic rings. The third kappa shape index (κ3) is 4.27. The number of nitrogens with one attached hydrogen (secondary N) is 2. The molecule has 0 bridgehead atoms. The maximum atomic E-state index is 5.11. The topological polar surface area (TPSA) is 88.8 Å². The molecule has 0 saturated carbocycles. The first-order valence-corrected chi connectivity index (χ1v) is 8.54. The highest BCUT2D eigenvalue weighted by molar-refractivity contribution is 5.66. The first kappa shape index (κ1) is 16.7. The van der Waals surface area contributed by atoms with E-state index in [0.717, 1.165) is 22.6 Å². The van der Waals surface area contributed by atoms with E-state index in [1.807, 2.05) is 61.5 Å². The quantitative estimate of drug-likeness (QED) is 0.534. The van der Waals surface area contributed by atoms with Crippen molar-refractivity contribution in [3.8, 4) is 11.3 Å². The van der Waals surface area contributed by atoms with Crippen molar-refractivity contribution in [1.29, 1.82) is 0 Å². The van der Waals surface area contributed by atoms with Crippen molar-refractivity contribution in [1.82, 2.24) is 20.1 Å². The Balaban J connectivity index is 1.63. The predicted octanol–water partition coefficient (Wildman–Crippen LogP) is 4.19. The van der Waals surface area contributed by atoms with Crippen LogP contribution in [0.25, 0.3) is 11.3 Å². The number of rotatable bonds is 6. The van der Waals surface area contributed by atoms with Gasteiger partial charge < -0.3 is 15.2 Å². The average molecular weight is 358 g/mol. The molecule has 134 valence electrons. The minimum Gasteiger partial charge on any atom is -0.360 e. The van der Waals surface area contributed by atoms with Crippen LogP contribution in [-0.2, 0) is 6.54 Å². The van der Waals surface area contributed by atoms with Gasteiger partial charge in [-0.05, 0) is 24.6 Å². The Bertz CT molecular complexity index is 1020. The number of benzene rings is 1. The molecular weight excluding hydrogens is 340 g/mol. The lowest BCUT2D eigenvalue weighted by molar-refractivity contribution is 0.400. The molecule has 0 aliphatic carbocycles. The molecule has 0 aliphatic rings. The molecule has 0 saturated heterocycles. The summed E-state index contributed by atoms with van der Waals surface area (Å²) in [6.07, 6.45) is 3.52. The zero-order valence-corrected chi connectivity index (χ0v) is 14.8. The van der Waals surface area contributed by atoms with E-state index in [1.165, 1.54) is 0 Å². The molecule has 0 aliphatic heterocycles. The zero-order valence-electron chi connectivity index (χ0n) is 14.8. The summed E-state index contributed by atoms with van der Waals surface area (Å²) in [5, 5.41) is 10.4. The number of anilines is 3. The maximum absolute atomic E-state index is 5.11. The number of pyridine rings is 1. The Labute approximate surface area is 156 Å². The van der Waals surface area contributed by atoms with Crippen LogP contribution < -0.4 is 10.6 Å². The van der Waals surface area contributed by atoms with Crippen LogP contribution in [0.5, 0.6) is 0 Å². The molecule has 0 atom stereocenters. The second-order valence-corrected chi connectivity index (χ2v) is 5.98. The summed E-state index contributed by atoms with van der Waals surface area (Å²) >= 11 is 0. The van der Waals surface area contributed by atoms with Gasteiger partial charge in [0, 0.05) is 36.6 Å². The van der Waals surface area contributed by atoms with Crippen molar-refractivity contribution in [3.05, 3.63) is 78.3 Å². The number of aryl methyl sites for hydroxylation is 1. The standard InChI is InChI=1S/C20H18N6O/c1-14-11-19(26-27-14)24-18-12-17(16-5-3-2-4-6-16)23-20(25-18)22-13-15-7-9-21-10-8-15/h2-12H,13H2,1H3,(H2,22,23,24,25,26). The number of hydrogen-bond acceptors (Lipinski definition) is 7. The first-order chi connectivity index (χ1) is 13.3. The van der Waals surface area contributed by atoms with Crippen LogP contribution in [0.4, 0.5) is 17.6 Å². The van der Waals surface area contributed by atoms with Crippen LogP contribution >= 0.6 is 0 Å². The van der Waals surface area contributed by atoms with Gasteiger partial charge in [0.15, 0.2) is 5.82 Å². The van der Waals surface area contributed by atoms with Crippen LogP contribution in [0.15, 0.2) is 71.5 Å². The summed E-state index contributed by atoms with van der Waals surface area (Å²) in [6, 6.07) is 17.6. The van der Waals surface area contributed by atoms with E-state index < -0.39 is 0 Å². The van der Waals surface area contributed by atoms with E-state index in [4.69, 9.17) is 4.52 Å². The average Bonchev–Trinajstić information content (AvgIpc) is 3.12. The van der Waals surface area contributed by atoms with Crippen molar-refractivity contribution in [2.75, 3.05) is 10.6 Å². The minimum atomic E-state index is 0.524. The second kappa shape index (κ2) is 7.65. The molecule has 1 aromatic carbocycles. The number of hydrogen-bond donors (Lipinski definition) is 2. The summed E-state index contributed by atoms with van der Waals surface area (Å²) in [4.78, 5) is 13.2. The Morgan fingerprint density at radius 2 is 1.74 bits per heavy atom. The third-order valence-electron chi connectivity index (χ3n) is 3.88. The molecule has 0 unspecified atom stereocenters. The Morgan fingerprint density at radius 3 is 2.48 bits per heavy atom. The van der Waals surface area contributed by atoms with Crippen molar-refractivity contribution in [2.45, 2.75) is 13.5 Å². The maximum Gasteiger partial charge on any atom is 0.225 e. The lowest BCUT2D eigenvalue weighted by atomic mass is 10.1. The van der Waals surface area contributed by atoms with Gasteiger partial charge in [-0.3, -0.25) is 4.98 Å². The molecule has 4 rings (SSSR count). The highest BCUT2D eigenvalue weighted by Crippen LogP contribution is 2.23. The lowest BCUT2D eigenvalue weighted by Gasteiger charge is -2.10.